The molecule has 3 aromatic rings. The second kappa shape index (κ2) is 7.09. The Morgan fingerprint density at radius 3 is 3.00 bits per heavy atom. The highest BCUT2D eigenvalue weighted by atomic mass is 32.1. The summed E-state index contributed by atoms with van der Waals surface area (Å²) in [7, 11) is 0. The van der Waals surface area contributed by atoms with Crippen LogP contribution in [-0.2, 0) is 20.7 Å². The molecule has 0 saturated heterocycles. The number of carbonyl (C=O) groups excluding carboxylic acids is 2. The molecular weight excluding hydrogens is 348 g/mol. The van der Waals surface area contributed by atoms with Crippen LogP contribution in [0.1, 0.15) is 5.69 Å². The molecule has 0 aliphatic heterocycles. The Morgan fingerprint density at radius 2 is 2.24 bits per heavy atom. The van der Waals surface area contributed by atoms with Crippen LogP contribution >= 0.6 is 11.3 Å². The van der Waals surface area contributed by atoms with E-state index in [9.17, 15) is 19.7 Å². The number of hydrogen-bond donors (Lipinski definition) is 1. The molecule has 0 unspecified atom stereocenters. The Bertz CT molecular complexity index is 920. The molecule has 1 N–H and O–H groups in total. The number of carbonyl (C=O) groups is 2. The third kappa shape index (κ3) is 4.18. The van der Waals surface area contributed by atoms with Crippen LogP contribution in [0.15, 0.2) is 42.0 Å². The highest BCUT2D eigenvalue weighted by Crippen LogP contribution is 2.17. The van der Waals surface area contributed by atoms with Gasteiger partial charge in [0.1, 0.15) is 0 Å². The fourth-order valence-electron chi connectivity index (χ4n) is 2.10. The van der Waals surface area contributed by atoms with E-state index >= 15 is 0 Å². The van der Waals surface area contributed by atoms with Gasteiger partial charge in [-0.2, -0.15) is 0 Å². The third-order valence-electron chi connectivity index (χ3n) is 3.17. The molecule has 10 heteroatoms. The number of fused-ring (bicyclic) bond motifs is 1. The molecule has 1 amide bonds. The lowest BCUT2D eigenvalue weighted by Gasteiger charge is -2.06. The standard InChI is InChI=1S/C15H12N4O5S/c20-13(16-10-2-1-3-12(6-10)19(22)23)9-24-14(21)7-11-8-18-4-5-25-15(18)17-11/h1-6,8H,7,9H2,(H,16,20). The maximum Gasteiger partial charge on any atom is 0.312 e. The van der Waals surface area contributed by atoms with Gasteiger partial charge in [0.05, 0.1) is 17.0 Å². The second-order valence-corrected chi connectivity index (χ2v) is 5.89. The molecule has 2 heterocycles. The first-order valence-corrected chi connectivity index (χ1v) is 8.00. The maximum absolute atomic E-state index is 11.8. The van der Waals surface area contributed by atoms with Crippen molar-refractivity contribution in [3.63, 3.8) is 0 Å². The molecule has 0 aliphatic carbocycles. The van der Waals surface area contributed by atoms with Crippen LogP contribution in [0.4, 0.5) is 11.4 Å². The summed E-state index contributed by atoms with van der Waals surface area (Å²) in [5.41, 5.74) is 0.662. The first kappa shape index (κ1) is 16.6. The van der Waals surface area contributed by atoms with Crippen molar-refractivity contribution in [2.45, 2.75) is 6.42 Å². The quantitative estimate of drug-likeness (QED) is 0.408. The van der Waals surface area contributed by atoms with Crippen LogP contribution in [-0.4, -0.2) is 32.8 Å². The van der Waals surface area contributed by atoms with E-state index in [1.54, 1.807) is 10.6 Å². The Balaban J connectivity index is 1.49. The zero-order chi connectivity index (χ0) is 17.8. The van der Waals surface area contributed by atoms with Crippen molar-refractivity contribution in [1.29, 1.82) is 0 Å². The van der Waals surface area contributed by atoms with E-state index in [4.69, 9.17) is 4.74 Å². The number of esters is 1. The van der Waals surface area contributed by atoms with Crippen LogP contribution in [0, 0.1) is 10.1 Å². The summed E-state index contributed by atoms with van der Waals surface area (Å²) >= 11 is 1.45. The second-order valence-electron chi connectivity index (χ2n) is 5.02. The van der Waals surface area contributed by atoms with Crippen LogP contribution in [0.3, 0.4) is 0 Å². The number of anilines is 1. The van der Waals surface area contributed by atoms with Gasteiger partial charge < -0.3 is 10.1 Å². The van der Waals surface area contributed by atoms with Gasteiger partial charge in [0.15, 0.2) is 11.6 Å². The Kier molecular flexibility index (Phi) is 4.70. The Morgan fingerprint density at radius 1 is 1.40 bits per heavy atom. The fraction of sp³-hybridized carbons (Fsp3) is 0.133. The zero-order valence-electron chi connectivity index (χ0n) is 12.7. The van der Waals surface area contributed by atoms with Crippen molar-refractivity contribution < 1.29 is 19.2 Å². The number of benzene rings is 1. The van der Waals surface area contributed by atoms with Gasteiger partial charge in [-0.3, -0.25) is 24.1 Å². The van der Waals surface area contributed by atoms with Crippen molar-refractivity contribution in [3.8, 4) is 0 Å². The van der Waals surface area contributed by atoms with Crippen molar-refractivity contribution in [2.24, 2.45) is 0 Å². The summed E-state index contributed by atoms with van der Waals surface area (Å²) < 4.78 is 6.69. The van der Waals surface area contributed by atoms with Crippen LogP contribution in [0.5, 0.6) is 0 Å². The highest BCUT2D eigenvalue weighted by Gasteiger charge is 2.13. The first-order valence-electron chi connectivity index (χ1n) is 7.12. The maximum atomic E-state index is 11.8. The minimum Gasteiger partial charge on any atom is -0.455 e. The van der Waals surface area contributed by atoms with Gasteiger partial charge in [-0.25, -0.2) is 4.98 Å². The summed E-state index contributed by atoms with van der Waals surface area (Å²) in [6.07, 6.45) is 3.50. The molecule has 0 saturated carbocycles. The number of hydrogen-bond acceptors (Lipinski definition) is 7. The summed E-state index contributed by atoms with van der Waals surface area (Å²) in [6.45, 7) is -0.482. The molecule has 0 aliphatic rings. The molecule has 1 aromatic carbocycles. The number of nitrogens with zero attached hydrogens (tertiary/aromatic N) is 3. The predicted molar refractivity (Wildman–Crippen MR) is 89.5 cm³/mol. The summed E-state index contributed by atoms with van der Waals surface area (Å²) in [5, 5.41) is 15.0. The van der Waals surface area contributed by atoms with E-state index in [0.29, 0.717) is 5.69 Å². The summed E-state index contributed by atoms with van der Waals surface area (Å²) in [5.74, 6) is -1.17. The van der Waals surface area contributed by atoms with Crippen LogP contribution in [0.25, 0.3) is 4.96 Å². The predicted octanol–water partition coefficient (Wildman–Crippen LogP) is 2.03. The first-order chi connectivity index (χ1) is 12.0. The number of aromatic nitrogens is 2. The topological polar surface area (TPSA) is 116 Å². The van der Waals surface area contributed by atoms with E-state index in [0.717, 1.165) is 4.96 Å². The van der Waals surface area contributed by atoms with E-state index in [1.807, 2.05) is 11.6 Å². The molecule has 128 valence electrons. The Hall–Kier alpha value is -3.27. The number of thiazole rings is 1. The van der Waals surface area contributed by atoms with Crippen molar-refractivity contribution >= 4 is 39.5 Å². The number of ether oxygens (including phenoxy) is 1. The van der Waals surface area contributed by atoms with Gasteiger partial charge in [0.25, 0.3) is 11.6 Å². The lowest BCUT2D eigenvalue weighted by molar-refractivity contribution is -0.384. The monoisotopic (exact) mass is 360 g/mol. The number of nitrogens with one attached hydrogen (secondary N) is 1. The van der Waals surface area contributed by atoms with Gasteiger partial charge in [0, 0.05) is 35.6 Å². The van der Waals surface area contributed by atoms with Gasteiger partial charge in [-0.1, -0.05) is 6.07 Å². The SMILES string of the molecule is O=C(COC(=O)Cc1cn2ccsc2n1)Nc1cccc([N+](=O)[O-])c1. The summed E-state index contributed by atoms with van der Waals surface area (Å²) in [4.78, 5) is 38.7. The van der Waals surface area contributed by atoms with E-state index < -0.39 is 23.4 Å². The lowest BCUT2D eigenvalue weighted by atomic mass is 10.3. The largest absolute Gasteiger partial charge is 0.455 e. The van der Waals surface area contributed by atoms with Gasteiger partial charge in [-0.05, 0) is 6.07 Å². The Labute approximate surface area is 145 Å². The normalized spacial score (nSPS) is 10.6. The van der Waals surface area contributed by atoms with E-state index in [-0.39, 0.29) is 17.8 Å². The highest BCUT2D eigenvalue weighted by molar-refractivity contribution is 7.15. The van der Waals surface area contributed by atoms with E-state index in [2.05, 4.69) is 10.3 Å². The average Bonchev–Trinajstić information content (AvgIpc) is 3.14. The number of rotatable bonds is 6. The number of imidazole rings is 1. The third-order valence-corrected chi connectivity index (χ3v) is 3.94. The smallest absolute Gasteiger partial charge is 0.312 e. The van der Waals surface area contributed by atoms with Crippen LogP contribution < -0.4 is 5.32 Å². The molecule has 9 nitrogen and oxygen atoms in total. The summed E-state index contributed by atoms with van der Waals surface area (Å²) in [6, 6.07) is 5.48. The molecule has 0 atom stereocenters. The molecule has 2 aromatic heterocycles. The van der Waals surface area contributed by atoms with Gasteiger partial charge in [-0.15, -0.1) is 11.3 Å². The van der Waals surface area contributed by atoms with Gasteiger partial charge in [0.2, 0.25) is 0 Å². The molecule has 25 heavy (non-hydrogen) atoms. The van der Waals surface area contributed by atoms with Gasteiger partial charge >= 0.3 is 5.97 Å². The number of non-ortho nitro benzene ring substituents is 1. The number of amides is 1. The van der Waals surface area contributed by atoms with Crippen LogP contribution in [0.2, 0.25) is 0 Å². The molecule has 3 rings (SSSR count). The minimum atomic E-state index is -0.584. The fourth-order valence-corrected chi connectivity index (χ4v) is 2.82. The molecular formula is C15H12N4O5S. The van der Waals surface area contributed by atoms with Crippen molar-refractivity contribution in [1.82, 2.24) is 9.38 Å². The van der Waals surface area contributed by atoms with Crippen molar-refractivity contribution in [2.75, 3.05) is 11.9 Å². The average molecular weight is 360 g/mol. The number of nitro groups is 1. The molecule has 0 bridgehead atoms. The molecule has 0 radical (unpaired) electrons. The van der Waals surface area contributed by atoms with Crippen molar-refractivity contribution in [3.05, 3.63) is 57.8 Å². The lowest BCUT2D eigenvalue weighted by Crippen LogP contribution is -2.21. The number of nitro benzene ring substituents is 1. The zero-order valence-corrected chi connectivity index (χ0v) is 13.6. The molecule has 0 spiro atoms. The minimum absolute atomic E-state index is 0.0432. The van der Waals surface area contributed by atoms with E-state index in [1.165, 1.54) is 35.6 Å². The molecule has 0 fully saturated rings.